The van der Waals surface area contributed by atoms with Crippen molar-refractivity contribution >= 4 is 32.6 Å². The lowest BCUT2D eigenvalue weighted by molar-refractivity contribution is -0.117. The first kappa shape index (κ1) is 13.5. The molecule has 5 nitrogen and oxygen atoms in total. The Bertz CT molecular complexity index is 580. The Balaban J connectivity index is 1.58. The Morgan fingerprint density at radius 3 is 3.10 bits per heavy atom. The SMILES string of the molecule is O=C(CN1CCC(CO)C1)Nc1nc2ccccc2s1. The first-order valence-corrected chi connectivity index (χ1v) is 7.55. The molecule has 106 valence electrons. The van der Waals surface area contributed by atoms with Crippen LogP contribution in [-0.2, 0) is 4.79 Å². The van der Waals surface area contributed by atoms with E-state index in [4.69, 9.17) is 5.11 Å². The zero-order chi connectivity index (χ0) is 13.9. The highest BCUT2D eigenvalue weighted by atomic mass is 32.1. The summed E-state index contributed by atoms with van der Waals surface area (Å²) in [5.74, 6) is 0.271. The van der Waals surface area contributed by atoms with Crippen LogP contribution in [0.5, 0.6) is 0 Å². The Morgan fingerprint density at radius 1 is 1.50 bits per heavy atom. The van der Waals surface area contributed by atoms with Gasteiger partial charge in [-0.15, -0.1) is 0 Å². The van der Waals surface area contributed by atoms with Crippen LogP contribution in [0, 0.1) is 5.92 Å². The van der Waals surface area contributed by atoms with Crippen LogP contribution in [0.1, 0.15) is 6.42 Å². The van der Waals surface area contributed by atoms with Gasteiger partial charge in [0.05, 0.1) is 16.8 Å². The maximum absolute atomic E-state index is 12.0. The van der Waals surface area contributed by atoms with Crippen molar-refractivity contribution in [3.05, 3.63) is 24.3 Å². The van der Waals surface area contributed by atoms with Gasteiger partial charge in [0.1, 0.15) is 0 Å². The highest BCUT2D eigenvalue weighted by Gasteiger charge is 2.23. The summed E-state index contributed by atoms with van der Waals surface area (Å²) in [6.07, 6.45) is 0.963. The molecule has 1 fully saturated rings. The van der Waals surface area contributed by atoms with Gasteiger partial charge in [-0.3, -0.25) is 9.69 Å². The topological polar surface area (TPSA) is 65.5 Å². The molecule has 0 aliphatic carbocycles. The quantitative estimate of drug-likeness (QED) is 0.897. The molecule has 1 unspecified atom stereocenters. The largest absolute Gasteiger partial charge is 0.396 e. The number of hydrogen-bond acceptors (Lipinski definition) is 5. The fourth-order valence-corrected chi connectivity index (χ4v) is 3.38. The van der Waals surface area contributed by atoms with Gasteiger partial charge in [0.2, 0.25) is 5.91 Å². The second kappa shape index (κ2) is 5.87. The summed E-state index contributed by atoms with van der Waals surface area (Å²) < 4.78 is 1.07. The number of carbonyl (C=O) groups is 1. The van der Waals surface area contributed by atoms with Gasteiger partial charge in [-0.2, -0.15) is 0 Å². The molecule has 20 heavy (non-hydrogen) atoms. The summed E-state index contributed by atoms with van der Waals surface area (Å²) in [5.41, 5.74) is 0.911. The third kappa shape index (κ3) is 2.98. The Labute approximate surface area is 121 Å². The van der Waals surface area contributed by atoms with Crippen LogP contribution in [0.2, 0.25) is 0 Å². The molecular formula is C14H17N3O2S. The maximum Gasteiger partial charge on any atom is 0.240 e. The van der Waals surface area contributed by atoms with Crippen LogP contribution in [0.3, 0.4) is 0 Å². The normalized spacial score (nSPS) is 19.6. The van der Waals surface area contributed by atoms with Gasteiger partial charge >= 0.3 is 0 Å². The van der Waals surface area contributed by atoms with E-state index in [1.54, 1.807) is 0 Å². The molecule has 1 aliphatic heterocycles. The molecule has 0 spiro atoms. The molecule has 1 aliphatic rings. The van der Waals surface area contributed by atoms with Crippen molar-refractivity contribution in [1.82, 2.24) is 9.88 Å². The zero-order valence-electron chi connectivity index (χ0n) is 11.1. The Kier molecular flexibility index (Phi) is 3.95. The van der Waals surface area contributed by atoms with E-state index >= 15 is 0 Å². The number of nitrogens with zero attached hydrogens (tertiary/aromatic N) is 2. The van der Waals surface area contributed by atoms with Gasteiger partial charge in [-0.1, -0.05) is 23.5 Å². The maximum atomic E-state index is 12.0. The second-order valence-electron chi connectivity index (χ2n) is 5.11. The first-order chi connectivity index (χ1) is 9.74. The molecule has 1 aromatic carbocycles. The third-order valence-electron chi connectivity index (χ3n) is 3.54. The summed E-state index contributed by atoms with van der Waals surface area (Å²) in [6, 6.07) is 7.83. The summed E-state index contributed by atoms with van der Waals surface area (Å²) in [5, 5.41) is 12.6. The van der Waals surface area contributed by atoms with Gasteiger partial charge in [-0.05, 0) is 31.0 Å². The van der Waals surface area contributed by atoms with Crippen LogP contribution < -0.4 is 5.32 Å². The van der Waals surface area contributed by atoms with Crippen molar-refractivity contribution in [2.24, 2.45) is 5.92 Å². The molecule has 1 atom stereocenters. The smallest absolute Gasteiger partial charge is 0.240 e. The molecule has 2 aromatic rings. The van der Waals surface area contributed by atoms with E-state index in [2.05, 4.69) is 15.2 Å². The van der Waals surface area contributed by atoms with Crippen LogP contribution >= 0.6 is 11.3 Å². The van der Waals surface area contributed by atoms with Gasteiger partial charge in [-0.25, -0.2) is 4.98 Å². The van der Waals surface area contributed by atoms with Crippen LogP contribution in [0.25, 0.3) is 10.2 Å². The van der Waals surface area contributed by atoms with E-state index in [9.17, 15) is 4.79 Å². The number of aromatic nitrogens is 1. The summed E-state index contributed by atoms with van der Waals surface area (Å²) >= 11 is 1.49. The first-order valence-electron chi connectivity index (χ1n) is 6.73. The minimum absolute atomic E-state index is 0.0392. The number of para-hydroxylation sites is 1. The van der Waals surface area contributed by atoms with E-state index in [1.165, 1.54) is 11.3 Å². The average Bonchev–Trinajstić information content (AvgIpc) is 3.04. The monoisotopic (exact) mass is 291 g/mol. The molecule has 3 rings (SSSR count). The molecule has 1 saturated heterocycles. The van der Waals surface area contributed by atoms with E-state index in [1.807, 2.05) is 24.3 Å². The number of anilines is 1. The minimum Gasteiger partial charge on any atom is -0.396 e. The molecule has 2 heterocycles. The van der Waals surface area contributed by atoms with E-state index < -0.39 is 0 Å². The standard InChI is InChI=1S/C14H17N3O2S/c18-9-10-5-6-17(7-10)8-13(19)16-14-15-11-3-1-2-4-12(11)20-14/h1-4,10,18H,5-9H2,(H,15,16,19). The second-order valence-corrected chi connectivity index (χ2v) is 6.14. The van der Waals surface area contributed by atoms with E-state index in [0.717, 1.165) is 29.7 Å². The number of nitrogens with one attached hydrogen (secondary N) is 1. The number of thiazole rings is 1. The summed E-state index contributed by atoms with van der Waals surface area (Å²) in [4.78, 5) is 18.5. The zero-order valence-corrected chi connectivity index (χ0v) is 11.9. The van der Waals surface area contributed by atoms with Crippen molar-refractivity contribution < 1.29 is 9.90 Å². The number of rotatable bonds is 4. The van der Waals surface area contributed by atoms with Gasteiger partial charge < -0.3 is 10.4 Å². The van der Waals surface area contributed by atoms with E-state index in [0.29, 0.717) is 17.6 Å². The molecule has 1 aromatic heterocycles. The van der Waals surface area contributed by atoms with E-state index in [-0.39, 0.29) is 12.5 Å². The van der Waals surface area contributed by atoms with Crippen LogP contribution in [-0.4, -0.2) is 47.1 Å². The lowest BCUT2D eigenvalue weighted by Gasteiger charge is -2.14. The molecule has 0 radical (unpaired) electrons. The minimum atomic E-state index is -0.0392. The fourth-order valence-electron chi connectivity index (χ4n) is 2.49. The lowest BCUT2D eigenvalue weighted by Crippen LogP contribution is -2.31. The number of fused-ring (bicyclic) bond motifs is 1. The fraction of sp³-hybridized carbons (Fsp3) is 0.429. The van der Waals surface area contributed by atoms with Crippen LogP contribution in [0.4, 0.5) is 5.13 Å². The third-order valence-corrected chi connectivity index (χ3v) is 4.49. The van der Waals surface area contributed by atoms with Gasteiger partial charge in [0, 0.05) is 13.2 Å². The molecule has 0 bridgehead atoms. The summed E-state index contributed by atoms with van der Waals surface area (Å²) in [7, 11) is 0. The number of amides is 1. The van der Waals surface area contributed by atoms with Crippen molar-refractivity contribution in [2.45, 2.75) is 6.42 Å². The molecule has 0 saturated carbocycles. The van der Waals surface area contributed by atoms with Crippen LogP contribution in [0.15, 0.2) is 24.3 Å². The average molecular weight is 291 g/mol. The van der Waals surface area contributed by atoms with Gasteiger partial charge in [0.15, 0.2) is 5.13 Å². The molecule has 2 N–H and O–H groups in total. The number of likely N-dealkylation sites (tertiary alicyclic amines) is 1. The van der Waals surface area contributed by atoms with Crippen molar-refractivity contribution in [2.75, 3.05) is 31.6 Å². The highest BCUT2D eigenvalue weighted by molar-refractivity contribution is 7.22. The Hall–Kier alpha value is -1.50. The van der Waals surface area contributed by atoms with Crippen molar-refractivity contribution in [3.63, 3.8) is 0 Å². The predicted octanol–water partition coefficient (Wildman–Crippen LogP) is 1.55. The lowest BCUT2D eigenvalue weighted by atomic mass is 10.1. The molecule has 1 amide bonds. The number of aliphatic hydroxyl groups excluding tert-OH is 1. The van der Waals surface area contributed by atoms with Crippen molar-refractivity contribution in [1.29, 1.82) is 0 Å². The van der Waals surface area contributed by atoms with Crippen molar-refractivity contribution in [3.8, 4) is 0 Å². The molecular weight excluding hydrogens is 274 g/mol. The number of aliphatic hydroxyl groups is 1. The predicted molar refractivity (Wildman–Crippen MR) is 79.9 cm³/mol. The number of benzene rings is 1. The number of carbonyl (C=O) groups excluding carboxylic acids is 1. The molecule has 6 heteroatoms. The highest BCUT2D eigenvalue weighted by Crippen LogP contribution is 2.25. The Morgan fingerprint density at radius 2 is 2.35 bits per heavy atom. The number of hydrogen-bond donors (Lipinski definition) is 2. The summed E-state index contributed by atoms with van der Waals surface area (Å²) in [6.45, 7) is 2.24. The van der Waals surface area contributed by atoms with Gasteiger partial charge in [0.25, 0.3) is 0 Å².